The summed E-state index contributed by atoms with van der Waals surface area (Å²) in [7, 11) is 3.10. The zero-order valence-electron chi connectivity index (χ0n) is 17.3. The smallest absolute Gasteiger partial charge is 0.269 e. The Morgan fingerprint density at radius 1 is 0.897 bits per heavy atom. The first kappa shape index (κ1) is 22.6. The second kappa shape index (κ2) is 12.0. The molecule has 2 rings (SSSR count). The van der Waals surface area contributed by atoms with Gasteiger partial charge in [-0.15, -0.1) is 0 Å². The molecule has 6 heteroatoms. The minimum atomic E-state index is -0.482. The highest BCUT2D eigenvalue weighted by atomic mass is 16.7. The molecule has 0 unspecified atom stereocenters. The molecule has 29 heavy (non-hydrogen) atoms. The molecule has 0 spiro atoms. The van der Waals surface area contributed by atoms with Crippen molar-refractivity contribution in [1.82, 2.24) is 10.9 Å². The van der Waals surface area contributed by atoms with E-state index in [2.05, 4.69) is 17.8 Å². The number of ether oxygens (including phenoxy) is 2. The van der Waals surface area contributed by atoms with Crippen molar-refractivity contribution in [2.45, 2.75) is 44.8 Å². The van der Waals surface area contributed by atoms with Gasteiger partial charge in [0.15, 0.2) is 6.29 Å². The van der Waals surface area contributed by atoms with Crippen molar-refractivity contribution in [3.8, 4) is 0 Å². The highest BCUT2D eigenvalue weighted by Gasteiger charge is 2.17. The Labute approximate surface area is 172 Å². The van der Waals surface area contributed by atoms with Crippen LogP contribution in [0, 0.1) is 0 Å². The standard InChI is InChI=1S/C23H30N2O4/c1-4-5-9-20(17-10-7-6-8-11-17)16-21(26)24-25-22(27)18-12-14-19(15-13-18)23(28-2)29-3/h6-8,10-15,20,23H,4-5,9,16H2,1-3H3,(H,24,26)(H,25,27)/t20-/m1/s1. The number of carbonyl (C=O) groups is 2. The van der Waals surface area contributed by atoms with E-state index in [9.17, 15) is 9.59 Å². The average Bonchev–Trinajstić information content (AvgIpc) is 2.77. The fraction of sp³-hybridized carbons (Fsp3) is 0.391. The van der Waals surface area contributed by atoms with E-state index in [-0.39, 0.29) is 17.7 Å². The lowest BCUT2D eigenvalue weighted by atomic mass is 9.90. The van der Waals surface area contributed by atoms with E-state index in [1.807, 2.05) is 30.3 Å². The van der Waals surface area contributed by atoms with Crippen molar-refractivity contribution in [3.63, 3.8) is 0 Å². The van der Waals surface area contributed by atoms with Crippen molar-refractivity contribution in [2.75, 3.05) is 14.2 Å². The first-order valence-corrected chi connectivity index (χ1v) is 9.88. The quantitative estimate of drug-likeness (QED) is 0.467. The molecule has 1 atom stereocenters. The fourth-order valence-electron chi connectivity index (χ4n) is 3.20. The number of nitrogens with one attached hydrogen (secondary N) is 2. The van der Waals surface area contributed by atoms with Crippen LogP contribution in [0.4, 0.5) is 0 Å². The van der Waals surface area contributed by atoms with Gasteiger partial charge in [0.1, 0.15) is 0 Å². The zero-order valence-corrected chi connectivity index (χ0v) is 17.3. The van der Waals surface area contributed by atoms with E-state index in [4.69, 9.17) is 9.47 Å². The monoisotopic (exact) mass is 398 g/mol. The molecule has 0 aliphatic carbocycles. The number of carbonyl (C=O) groups excluding carboxylic acids is 2. The van der Waals surface area contributed by atoms with Crippen LogP contribution in [0.25, 0.3) is 0 Å². The fourth-order valence-corrected chi connectivity index (χ4v) is 3.20. The lowest BCUT2D eigenvalue weighted by Crippen LogP contribution is -2.42. The van der Waals surface area contributed by atoms with E-state index in [1.54, 1.807) is 38.5 Å². The molecule has 2 aromatic rings. The van der Waals surface area contributed by atoms with Crippen LogP contribution in [0.15, 0.2) is 54.6 Å². The third kappa shape index (κ3) is 7.00. The Hall–Kier alpha value is -2.70. The average molecular weight is 399 g/mol. The van der Waals surface area contributed by atoms with Crippen LogP contribution >= 0.6 is 0 Å². The topological polar surface area (TPSA) is 76.7 Å². The van der Waals surface area contributed by atoms with Crippen LogP contribution in [0.3, 0.4) is 0 Å². The van der Waals surface area contributed by atoms with Gasteiger partial charge < -0.3 is 9.47 Å². The normalized spacial score (nSPS) is 11.9. The largest absolute Gasteiger partial charge is 0.352 e. The van der Waals surface area contributed by atoms with Crippen LogP contribution < -0.4 is 10.9 Å². The van der Waals surface area contributed by atoms with E-state index in [1.165, 1.54) is 0 Å². The number of hydrogen-bond donors (Lipinski definition) is 2. The van der Waals surface area contributed by atoms with Gasteiger partial charge in [0.2, 0.25) is 5.91 Å². The van der Waals surface area contributed by atoms with Crippen molar-refractivity contribution >= 4 is 11.8 Å². The number of methoxy groups -OCH3 is 2. The maximum Gasteiger partial charge on any atom is 0.269 e. The number of hydrazine groups is 1. The first-order chi connectivity index (χ1) is 14.1. The Bertz CT molecular complexity index is 758. The maximum atomic E-state index is 12.4. The Balaban J connectivity index is 1.90. The Morgan fingerprint density at radius 2 is 1.55 bits per heavy atom. The molecule has 6 nitrogen and oxygen atoms in total. The molecule has 0 bridgehead atoms. The molecule has 0 aliphatic rings. The molecule has 0 aromatic heterocycles. The molecule has 2 aromatic carbocycles. The molecule has 0 fully saturated rings. The molecule has 0 saturated carbocycles. The molecule has 2 amide bonds. The maximum absolute atomic E-state index is 12.4. The van der Waals surface area contributed by atoms with Gasteiger partial charge in [0.25, 0.3) is 5.91 Å². The predicted molar refractivity (Wildman–Crippen MR) is 112 cm³/mol. The molecular weight excluding hydrogens is 368 g/mol. The van der Waals surface area contributed by atoms with Crippen LogP contribution in [-0.2, 0) is 14.3 Å². The summed E-state index contributed by atoms with van der Waals surface area (Å²) in [6.07, 6.45) is 2.90. The van der Waals surface area contributed by atoms with Crippen molar-refractivity contribution in [1.29, 1.82) is 0 Å². The first-order valence-electron chi connectivity index (χ1n) is 9.88. The summed E-state index contributed by atoms with van der Waals surface area (Å²) >= 11 is 0. The van der Waals surface area contributed by atoms with Gasteiger partial charge in [-0.05, 0) is 30.0 Å². The van der Waals surface area contributed by atoms with Gasteiger partial charge in [0.05, 0.1) is 0 Å². The molecular formula is C23H30N2O4. The van der Waals surface area contributed by atoms with Crippen molar-refractivity contribution in [3.05, 3.63) is 71.3 Å². The number of rotatable bonds is 10. The molecule has 156 valence electrons. The third-order valence-electron chi connectivity index (χ3n) is 4.80. The van der Waals surface area contributed by atoms with E-state index in [0.717, 1.165) is 30.4 Å². The van der Waals surface area contributed by atoms with Crippen molar-refractivity contribution < 1.29 is 19.1 Å². The van der Waals surface area contributed by atoms with Crippen LogP contribution in [-0.4, -0.2) is 26.0 Å². The summed E-state index contributed by atoms with van der Waals surface area (Å²) in [5, 5.41) is 0. The number of hydrogen-bond acceptors (Lipinski definition) is 4. The summed E-state index contributed by atoms with van der Waals surface area (Å²) in [6.45, 7) is 2.13. The van der Waals surface area contributed by atoms with Crippen LogP contribution in [0.5, 0.6) is 0 Å². The molecule has 0 radical (unpaired) electrons. The van der Waals surface area contributed by atoms with Crippen molar-refractivity contribution in [2.24, 2.45) is 0 Å². The Morgan fingerprint density at radius 3 is 2.14 bits per heavy atom. The number of amides is 2. The molecule has 0 heterocycles. The second-order valence-electron chi connectivity index (χ2n) is 6.88. The van der Waals surface area contributed by atoms with Crippen LogP contribution in [0.1, 0.15) is 66.3 Å². The highest BCUT2D eigenvalue weighted by molar-refractivity contribution is 5.95. The minimum absolute atomic E-state index is 0.132. The molecule has 0 aliphatic heterocycles. The highest BCUT2D eigenvalue weighted by Crippen LogP contribution is 2.25. The zero-order chi connectivity index (χ0) is 21.1. The van der Waals surface area contributed by atoms with Gasteiger partial charge in [-0.3, -0.25) is 20.4 Å². The van der Waals surface area contributed by atoms with Gasteiger partial charge in [-0.2, -0.15) is 0 Å². The second-order valence-corrected chi connectivity index (χ2v) is 6.88. The van der Waals surface area contributed by atoms with Gasteiger partial charge in [0, 0.05) is 31.8 Å². The third-order valence-corrected chi connectivity index (χ3v) is 4.80. The molecule has 0 saturated heterocycles. The number of unbranched alkanes of at least 4 members (excludes halogenated alkanes) is 1. The van der Waals surface area contributed by atoms with E-state index < -0.39 is 6.29 Å². The predicted octanol–water partition coefficient (Wildman–Crippen LogP) is 4.10. The van der Waals surface area contributed by atoms with Gasteiger partial charge in [-0.25, -0.2) is 0 Å². The Kier molecular flexibility index (Phi) is 9.34. The SMILES string of the molecule is CCCC[C@H](CC(=O)NNC(=O)c1ccc(C(OC)OC)cc1)c1ccccc1. The summed E-state index contributed by atoms with van der Waals surface area (Å²) in [5.41, 5.74) is 7.40. The summed E-state index contributed by atoms with van der Waals surface area (Å²) in [5.74, 6) is -0.452. The van der Waals surface area contributed by atoms with Gasteiger partial charge >= 0.3 is 0 Å². The summed E-state index contributed by atoms with van der Waals surface area (Å²) in [4.78, 5) is 24.7. The van der Waals surface area contributed by atoms with E-state index >= 15 is 0 Å². The molecule has 2 N–H and O–H groups in total. The van der Waals surface area contributed by atoms with Crippen LogP contribution in [0.2, 0.25) is 0 Å². The summed E-state index contributed by atoms with van der Waals surface area (Å²) in [6, 6.07) is 16.8. The number of benzene rings is 2. The summed E-state index contributed by atoms with van der Waals surface area (Å²) < 4.78 is 10.4. The lowest BCUT2D eigenvalue weighted by molar-refractivity contribution is -0.122. The minimum Gasteiger partial charge on any atom is -0.352 e. The van der Waals surface area contributed by atoms with Gasteiger partial charge in [-0.1, -0.05) is 62.2 Å². The lowest BCUT2D eigenvalue weighted by Gasteiger charge is -2.17. The van der Waals surface area contributed by atoms with E-state index in [0.29, 0.717) is 12.0 Å².